The Hall–Kier alpha value is -4.53. The smallest absolute Gasteiger partial charge is 0.282 e. The van der Waals surface area contributed by atoms with E-state index in [0.717, 1.165) is 18.6 Å². The van der Waals surface area contributed by atoms with Crippen LogP contribution in [0.5, 0.6) is 0 Å². The summed E-state index contributed by atoms with van der Waals surface area (Å²) in [7, 11) is 0. The second-order valence-electron chi connectivity index (χ2n) is 10.1. The molecule has 4 heterocycles. The van der Waals surface area contributed by atoms with E-state index < -0.39 is 57.8 Å². The van der Waals surface area contributed by atoms with Crippen molar-refractivity contribution in [1.29, 1.82) is 0 Å². The van der Waals surface area contributed by atoms with E-state index in [0.29, 0.717) is 35.9 Å². The Balaban J connectivity index is 1.21. The molecule has 1 N–H and O–H groups in total. The second kappa shape index (κ2) is 10.9. The van der Waals surface area contributed by atoms with E-state index in [1.54, 1.807) is 11.8 Å². The molecule has 4 aromatic rings. The number of alkyl halides is 4. The number of aryl methyl sites for hydroxylation is 1. The normalized spacial score (nSPS) is 17.6. The van der Waals surface area contributed by atoms with E-state index >= 15 is 0 Å². The average Bonchev–Trinajstić information content (AvgIpc) is 3.49. The Kier molecular flexibility index (Phi) is 7.28. The van der Waals surface area contributed by atoms with Gasteiger partial charge in [0.15, 0.2) is 17.3 Å². The van der Waals surface area contributed by atoms with E-state index in [4.69, 9.17) is 11.6 Å². The highest BCUT2D eigenvalue weighted by molar-refractivity contribution is 6.31. The number of halogens is 6. The molecule has 0 bridgehead atoms. The van der Waals surface area contributed by atoms with Crippen molar-refractivity contribution in [1.82, 2.24) is 29.7 Å². The summed E-state index contributed by atoms with van der Waals surface area (Å²) in [5.41, 5.74) is -2.91. The number of carbonyl (C=O) groups is 2. The maximum Gasteiger partial charge on any atom is 0.282 e. The van der Waals surface area contributed by atoms with Gasteiger partial charge < -0.3 is 5.32 Å². The van der Waals surface area contributed by atoms with Gasteiger partial charge in [0.05, 0.1) is 52.9 Å². The topological polar surface area (TPSA) is 119 Å². The third-order valence-corrected chi connectivity index (χ3v) is 7.50. The Morgan fingerprint density at radius 3 is 2.58 bits per heavy atom. The number of carbonyl (C=O) groups excluding carboxylic acids is 2. The highest BCUT2D eigenvalue weighted by Gasteiger charge is 2.53. The zero-order chi connectivity index (χ0) is 30.6. The van der Waals surface area contributed by atoms with Crippen molar-refractivity contribution < 1.29 is 31.5 Å². The number of benzene rings is 1. The summed E-state index contributed by atoms with van der Waals surface area (Å²) in [5, 5.41) is 5.99. The average molecular weight is 619 g/mol. The molecule has 10 nitrogen and oxygen atoms in total. The van der Waals surface area contributed by atoms with Gasteiger partial charge in [-0.15, -0.1) is 0 Å². The van der Waals surface area contributed by atoms with Crippen molar-refractivity contribution in [2.75, 3.05) is 16.8 Å². The fraction of sp³-hybridized carbons (Fsp3) is 0.296. The molecule has 2 aliphatic rings. The molecular weight excluding hydrogens is 599 g/mol. The molecule has 6 rings (SSSR count). The Morgan fingerprint density at radius 1 is 1.12 bits per heavy atom. The fourth-order valence-electron chi connectivity index (χ4n) is 5.06. The number of nitrogens with zero attached hydrogens (tertiary/aromatic N) is 7. The van der Waals surface area contributed by atoms with Gasteiger partial charge in [-0.05, 0) is 25.3 Å². The van der Waals surface area contributed by atoms with Crippen LogP contribution < -0.4 is 10.2 Å². The lowest BCUT2D eigenvalue weighted by Gasteiger charge is -2.19. The summed E-state index contributed by atoms with van der Waals surface area (Å²) in [6.07, 6.45) is -0.669. The van der Waals surface area contributed by atoms with Gasteiger partial charge in [-0.3, -0.25) is 29.1 Å². The second-order valence-corrected chi connectivity index (χ2v) is 10.5. The minimum Gasteiger partial charge on any atom is -0.318 e. The lowest BCUT2D eigenvalue weighted by Crippen LogP contribution is -2.30. The van der Waals surface area contributed by atoms with Crippen LogP contribution >= 0.6 is 11.6 Å². The van der Waals surface area contributed by atoms with E-state index in [2.05, 4.69) is 30.4 Å². The van der Waals surface area contributed by atoms with Gasteiger partial charge in [-0.25, -0.2) is 31.9 Å². The van der Waals surface area contributed by atoms with Gasteiger partial charge in [0.2, 0.25) is 5.91 Å². The predicted octanol–water partition coefficient (Wildman–Crippen LogP) is 5.39. The summed E-state index contributed by atoms with van der Waals surface area (Å²) in [6.45, 7) is 2.50. The van der Waals surface area contributed by atoms with E-state index in [9.17, 15) is 31.5 Å². The van der Waals surface area contributed by atoms with Crippen LogP contribution in [0.25, 0.3) is 11.3 Å². The zero-order valence-electron chi connectivity index (χ0n) is 22.1. The molecule has 2 amide bonds. The van der Waals surface area contributed by atoms with Crippen LogP contribution in [0.2, 0.25) is 5.02 Å². The number of aromatic nitrogens is 6. The minimum atomic E-state index is -3.25. The number of rotatable bonds is 8. The van der Waals surface area contributed by atoms with Gasteiger partial charge in [0.1, 0.15) is 5.69 Å². The van der Waals surface area contributed by atoms with Gasteiger partial charge in [-0.1, -0.05) is 17.7 Å². The van der Waals surface area contributed by atoms with Gasteiger partial charge in [0, 0.05) is 29.8 Å². The van der Waals surface area contributed by atoms with Gasteiger partial charge >= 0.3 is 0 Å². The van der Waals surface area contributed by atoms with E-state index in [-0.39, 0.29) is 24.1 Å². The van der Waals surface area contributed by atoms with Crippen LogP contribution in [0.4, 0.5) is 33.5 Å². The molecule has 0 spiro atoms. The maximum absolute atomic E-state index is 14.8. The molecule has 2 fully saturated rings. The van der Waals surface area contributed by atoms with Gasteiger partial charge in [-0.2, -0.15) is 5.10 Å². The van der Waals surface area contributed by atoms with E-state index in [1.165, 1.54) is 23.3 Å². The van der Waals surface area contributed by atoms with Crippen LogP contribution in [0.15, 0.2) is 36.9 Å². The van der Waals surface area contributed by atoms with Crippen molar-refractivity contribution in [2.45, 2.75) is 32.7 Å². The van der Waals surface area contributed by atoms with Crippen LogP contribution in [0.3, 0.4) is 0 Å². The molecule has 1 saturated carbocycles. The molecule has 0 unspecified atom stereocenters. The number of anilines is 2. The summed E-state index contributed by atoms with van der Waals surface area (Å²) in [5.74, 6) is -1.40. The van der Waals surface area contributed by atoms with Crippen molar-refractivity contribution in [3.8, 4) is 11.3 Å². The first kappa shape index (κ1) is 28.6. The summed E-state index contributed by atoms with van der Waals surface area (Å²) < 4.78 is 70.8. The van der Waals surface area contributed by atoms with Crippen LogP contribution in [-0.2, 0) is 11.3 Å². The van der Waals surface area contributed by atoms with Crippen LogP contribution in [-0.4, -0.2) is 48.1 Å². The molecule has 1 aliphatic heterocycles. The Morgan fingerprint density at radius 2 is 1.91 bits per heavy atom. The highest BCUT2D eigenvalue weighted by atomic mass is 35.5. The fourth-order valence-corrected chi connectivity index (χ4v) is 5.21. The molecule has 1 saturated heterocycles. The summed E-state index contributed by atoms with van der Waals surface area (Å²) in [6, 6.07) is 1.79. The van der Waals surface area contributed by atoms with Gasteiger partial charge in [0.25, 0.3) is 18.8 Å². The number of amides is 2. The first-order chi connectivity index (χ1) is 20.5. The number of piperidine rings is 1. The Bertz CT molecular complexity index is 1770. The molecule has 1 aromatic carbocycles. The quantitative estimate of drug-likeness (QED) is 0.263. The standard InChI is InChI=1S/C27H20ClF5N8O2/c1-11-25(41-8-12-4-16(12)27(41)43)35-5-13(37-11)9-40-10-14(6-36-40)38-26(42)22-21(24(32)33)34-7-18(39-22)19-15(23(30)31)2-3-17(28)20(19)29/h2-3,5-7,10,12,16,23-24H,4,8-9H2,1H3,(H,38,42)/t12-,16-/m1/s1. The lowest BCUT2D eigenvalue weighted by atomic mass is 10.0. The molecular formula is C27H20ClF5N8O2. The predicted molar refractivity (Wildman–Crippen MR) is 142 cm³/mol. The molecule has 43 heavy (non-hydrogen) atoms. The lowest BCUT2D eigenvalue weighted by molar-refractivity contribution is -0.118. The minimum absolute atomic E-state index is 0.0556. The number of hydrogen-bond donors (Lipinski definition) is 1. The number of hydrogen-bond acceptors (Lipinski definition) is 7. The zero-order valence-corrected chi connectivity index (χ0v) is 22.9. The summed E-state index contributed by atoms with van der Waals surface area (Å²) >= 11 is 5.75. The summed E-state index contributed by atoms with van der Waals surface area (Å²) in [4.78, 5) is 43.3. The van der Waals surface area contributed by atoms with E-state index in [1.807, 2.05) is 0 Å². The monoisotopic (exact) mass is 618 g/mol. The van der Waals surface area contributed by atoms with Crippen LogP contribution in [0, 0.1) is 24.6 Å². The van der Waals surface area contributed by atoms with Crippen molar-refractivity contribution >= 4 is 34.9 Å². The van der Waals surface area contributed by atoms with Crippen LogP contribution in [0.1, 0.15) is 52.4 Å². The molecule has 3 aromatic heterocycles. The third kappa shape index (κ3) is 5.40. The number of nitrogens with one attached hydrogen (secondary N) is 1. The molecule has 2 atom stereocenters. The number of fused-ring (bicyclic) bond motifs is 1. The molecule has 16 heteroatoms. The Labute approximate surface area is 244 Å². The third-order valence-electron chi connectivity index (χ3n) is 7.21. The highest BCUT2D eigenvalue weighted by Crippen LogP contribution is 2.47. The first-order valence-electron chi connectivity index (χ1n) is 12.9. The SMILES string of the molecule is Cc1nc(Cn2cc(NC(=O)c3nc(-c4c(C(F)F)ccc(Cl)c4F)cnc3C(F)F)cn2)cnc1N1C[C@H]2C[C@H]2C1=O. The molecule has 0 radical (unpaired) electrons. The molecule has 1 aliphatic carbocycles. The van der Waals surface area contributed by atoms with Crippen molar-refractivity contribution in [3.05, 3.63) is 76.1 Å². The largest absolute Gasteiger partial charge is 0.318 e. The molecule has 222 valence electrons. The first-order valence-corrected chi connectivity index (χ1v) is 13.3. The van der Waals surface area contributed by atoms with Crippen molar-refractivity contribution in [2.24, 2.45) is 11.8 Å². The maximum atomic E-state index is 14.8. The van der Waals surface area contributed by atoms with Crippen molar-refractivity contribution in [3.63, 3.8) is 0 Å².